The molecule has 180 valence electrons. The molecule has 0 aliphatic heterocycles. The standard InChI is InChI=1S/C30H37BrN2O/c1-2-3-5-9-24-13-17-26(18-14-24)30(34)33(28-10-6-4-7-11-28)23-29-12-8-21-32(29)22-25-15-19-27(31)20-16-25/h8,12-21,28H,2-7,9-11,22-23H2,1H3. The molecule has 1 heterocycles. The van der Waals surface area contributed by atoms with Crippen LogP contribution < -0.4 is 0 Å². The van der Waals surface area contributed by atoms with E-state index in [2.05, 4.69) is 87.0 Å². The minimum absolute atomic E-state index is 0.170. The maximum absolute atomic E-state index is 13.8. The molecule has 1 fully saturated rings. The fraction of sp³-hybridized carbons (Fsp3) is 0.433. The first-order valence-corrected chi connectivity index (χ1v) is 13.7. The number of benzene rings is 2. The first-order valence-electron chi connectivity index (χ1n) is 12.9. The molecule has 3 aromatic rings. The monoisotopic (exact) mass is 520 g/mol. The SMILES string of the molecule is CCCCCc1ccc(C(=O)N(Cc2cccn2Cc2ccc(Br)cc2)C2CCCCC2)cc1. The molecule has 34 heavy (non-hydrogen) atoms. The molecular formula is C30H37BrN2O. The van der Waals surface area contributed by atoms with Crippen molar-refractivity contribution >= 4 is 21.8 Å². The first kappa shape index (κ1) is 24.8. The number of unbranched alkanes of at least 4 members (excludes halogenated alkanes) is 2. The smallest absolute Gasteiger partial charge is 0.254 e. The molecular weight excluding hydrogens is 484 g/mol. The van der Waals surface area contributed by atoms with Crippen LogP contribution in [0.4, 0.5) is 0 Å². The van der Waals surface area contributed by atoms with Crippen LogP contribution in [0.1, 0.15) is 85.5 Å². The van der Waals surface area contributed by atoms with E-state index in [4.69, 9.17) is 0 Å². The van der Waals surface area contributed by atoms with Crippen molar-refractivity contribution in [3.8, 4) is 0 Å². The van der Waals surface area contributed by atoms with Crippen molar-refractivity contribution < 1.29 is 4.79 Å². The van der Waals surface area contributed by atoms with Crippen molar-refractivity contribution in [3.05, 3.63) is 93.7 Å². The van der Waals surface area contributed by atoms with Gasteiger partial charge >= 0.3 is 0 Å². The molecule has 2 aromatic carbocycles. The van der Waals surface area contributed by atoms with E-state index in [-0.39, 0.29) is 5.91 Å². The average molecular weight is 522 g/mol. The molecule has 0 radical (unpaired) electrons. The molecule has 0 saturated heterocycles. The van der Waals surface area contributed by atoms with Gasteiger partial charge in [0.2, 0.25) is 0 Å². The van der Waals surface area contributed by atoms with Gasteiger partial charge in [0.15, 0.2) is 0 Å². The van der Waals surface area contributed by atoms with Crippen molar-refractivity contribution in [2.45, 2.75) is 83.8 Å². The summed E-state index contributed by atoms with van der Waals surface area (Å²) in [5.41, 5.74) is 4.60. The summed E-state index contributed by atoms with van der Waals surface area (Å²) in [5, 5.41) is 0. The summed E-state index contributed by atoms with van der Waals surface area (Å²) in [6.45, 7) is 3.71. The molecule has 4 heteroatoms. The highest BCUT2D eigenvalue weighted by Crippen LogP contribution is 2.26. The predicted octanol–water partition coefficient (Wildman–Crippen LogP) is 8.01. The second-order valence-corrected chi connectivity index (χ2v) is 10.5. The summed E-state index contributed by atoms with van der Waals surface area (Å²) in [7, 11) is 0. The van der Waals surface area contributed by atoms with Gasteiger partial charge in [-0.25, -0.2) is 0 Å². The third-order valence-corrected chi connectivity index (χ3v) is 7.60. The third kappa shape index (κ3) is 6.63. The lowest BCUT2D eigenvalue weighted by Crippen LogP contribution is -2.41. The quantitative estimate of drug-likeness (QED) is 0.248. The number of aromatic nitrogens is 1. The zero-order valence-corrected chi connectivity index (χ0v) is 22.0. The Labute approximate surface area is 213 Å². The lowest BCUT2D eigenvalue weighted by Gasteiger charge is -2.35. The van der Waals surface area contributed by atoms with Crippen LogP contribution in [0.15, 0.2) is 71.3 Å². The van der Waals surface area contributed by atoms with Gasteiger partial charge in [0.05, 0.1) is 6.54 Å². The molecule has 1 aromatic heterocycles. The van der Waals surface area contributed by atoms with E-state index < -0.39 is 0 Å². The van der Waals surface area contributed by atoms with Crippen LogP contribution in [0.5, 0.6) is 0 Å². The van der Waals surface area contributed by atoms with E-state index in [1.807, 2.05) is 12.1 Å². The topological polar surface area (TPSA) is 25.2 Å². The van der Waals surface area contributed by atoms with Crippen LogP contribution in [0.2, 0.25) is 0 Å². The van der Waals surface area contributed by atoms with Crippen LogP contribution in [0.3, 0.4) is 0 Å². The van der Waals surface area contributed by atoms with Crippen molar-refractivity contribution in [2.24, 2.45) is 0 Å². The van der Waals surface area contributed by atoms with Gasteiger partial charge in [0.1, 0.15) is 0 Å². The lowest BCUT2D eigenvalue weighted by atomic mass is 9.93. The maximum Gasteiger partial charge on any atom is 0.254 e. The largest absolute Gasteiger partial charge is 0.345 e. The summed E-state index contributed by atoms with van der Waals surface area (Å²) in [5.74, 6) is 0.170. The molecule has 0 unspecified atom stereocenters. The minimum Gasteiger partial charge on any atom is -0.345 e. The van der Waals surface area contributed by atoms with Crippen LogP contribution in [0, 0.1) is 0 Å². The molecule has 1 aliphatic carbocycles. The minimum atomic E-state index is 0.170. The average Bonchev–Trinajstić information content (AvgIpc) is 3.31. The molecule has 0 atom stereocenters. The van der Waals surface area contributed by atoms with Gasteiger partial charge in [0, 0.05) is 34.5 Å². The predicted molar refractivity (Wildman–Crippen MR) is 144 cm³/mol. The Kier molecular flexibility index (Phi) is 9.04. The van der Waals surface area contributed by atoms with Crippen LogP contribution in [-0.4, -0.2) is 21.4 Å². The van der Waals surface area contributed by atoms with Crippen LogP contribution in [0.25, 0.3) is 0 Å². The Balaban J connectivity index is 1.51. The highest BCUT2D eigenvalue weighted by atomic mass is 79.9. The van der Waals surface area contributed by atoms with Crippen molar-refractivity contribution in [1.82, 2.24) is 9.47 Å². The zero-order valence-electron chi connectivity index (χ0n) is 20.4. The lowest BCUT2D eigenvalue weighted by molar-refractivity contribution is 0.0608. The number of amides is 1. The van der Waals surface area contributed by atoms with Gasteiger partial charge in [-0.2, -0.15) is 0 Å². The van der Waals surface area contributed by atoms with E-state index in [0.29, 0.717) is 12.6 Å². The van der Waals surface area contributed by atoms with Crippen molar-refractivity contribution in [1.29, 1.82) is 0 Å². The fourth-order valence-electron chi connectivity index (χ4n) is 5.03. The molecule has 1 saturated carbocycles. The van der Waals surface area contributed by atoms with Gasteiger partial charge in [-0.15, -0.1) is 0 Å². The Bertz CT molecular complexity index is 1030. The number of aryl methyl sites for hydroxylation is 1. The van der Waals surface area contributed by atoms with Gasteiger partial charge in [-0.3, -0.25) is 4.79 Å². The second kappa shape index (κ2) is 12.4. The Hall–Kier alpha value is -2.33. The number of rotatable bonds is 10. The van der Waals surface area contributed by atoms with E-state index in [1.54, 1.807) is 0 Å². The van der Waals surface area contributed by atoms with E-state index in [9.17, 15) is 4.79 Å². The third-order valence-electron chi connectivity index (χ3n) is 7.07. The maximum atomic E-state index is 13.8. The summed E-state index contributed by atoms with van der Waals surface area (Å²) >= 11 is 3.52. The normalized spacial score (nSPS) is 14.3. The van der Waals surface area contributed by atoms with E-state index >= 15 is 0 Å². The zero-order chi connectivity index (χ0) is 23.8. The Morgan fingerprint density at radius 3 is 2.35 bits per heavy atom. The van der Waals surface area contributed by atoms with Crippen molar-refractivity contribution in [2.75, 3.05) is 0 Å². The fourth-order valence-corrected chi connectivity index (χ4v) is 5.29. The van der Waals surface area contributed by atoms with Gasteiger partial charge in [0.25, 0.3) is 5.91 Å². The molecule has 3 nitrogen and oxygen atoms in total. The molecule has 0 bridgehead atoms. The Morgan fingerprint density at radius 1 is 0.941 bits per heavy atom. The van der Waals surface area contributed by atoms with E-state index in [0.717, 1.165) is 35.8 Å². The van der Waals surface area contributed by atoms with Crippen LogP contribution in [-0.2, 0) is 19.5 Å². The van der Waals surface area contributed by atoms with E-state index in [1.165, 1.54) is 55.3 Å². The number of hydrogen-bond donors (Lipinski definition) is 0. The molecule has 0 spiro atoms. The molecule has 1 amide bonds. The summed E-state index contributed by atoms with van der Waals surface area (Å²) in [4.78, 5) is 15.9. The number of carbonyl (C=O) groups is 1. The number of carbonyl (C=O) groups excluding carboxylic acids is 1. The van der Waals surface area contributed by atoms with Crippen LogP contribution >= 0.6 is 15.9 Å². The molecule has 1 aliphatic rings. The highest BCUT2D eigenvalue weighted by Gasteiger charge is 2.27. The Morgan fingerprint density at radius 2 is 1.65 bits per heavy atom. The number of halogens is 1. The number of hydrogen-bond acceptors (Lipinski definition) is 1. The van der Waals surface area contributed by atoms with Gasteiger partial charge < -0.3 is 9.47 Å². The van der Waals surface area contributed by atoms with Gasteiger partial charge in [-0.05, 0) is 73.2 Å². The highest BCUT2D eigenvalue weighted by molar-refractivity contribution is 9.10. The summed E-state index contributed by atoms with van der Waals surface area (Å²) in [6, 6.07) is 21.4. The molecule has 4 rings (SSSR count). The van der Waals surface area contributed by atoms with Gasteiger partial charge in [-0.1, -0.05) is 79.2 Å². The number of nitrogens with zero attached hydrogens (tertiary/aromatic N) is 2. The van der Waals surface area contributed by atoms with Crippen molar-refractivity contribution in [3.63, 3.8) is 0 Å². The molecule has 0 N–H and O–H groups in total. The first-order chi connectivity index (χ1) is 16.6. The summed E-state index contributed by atoms with van der Waals surface area (Å²) in [6.07, 6.45) is 12.9. The second-order valence-electron chi connectivity index (χ2n) is 9.63. The summed E-state index contributed by atoms with van der Waals surface area (Å²) < 4.78 is 3.37.